The van der Waals surface area contributed by atoms with Gasteiger partial charge in [-0.15, -0.1) is 0 Å². The van der Waals surface area contributed by atoms with Gasteiger partial charge in [-0.2, -0.15) is 4.68 Å². The number of methoxy groups -OCH3 is 4. The standard InChI is InChI=1S/C22H24N6O5/c1-12-19(21(29)24-14-8-6-7-9-15(14)30-2)20(28-22(23-12)25-26-27-28)13-10-17(32-4)18(33-5)11-16(13)31-3/h6-11,20H,1-5H3,(H,24,29)(H,23,25,27)/t20-/m0/s1. The number of nitrogens with one attached hydrogen (secondary N) is 2. The van der Waals surface area contributed by atoms with Crippen LogP contribution in [-0.2, 0) is 4.79 Å². The van der Waals surface area contributed by atoms with Crippen molar-refractivity contribution >= 4 is 17.5 Å². The van der Waals surface area contributed by atoms with E-state index in [0.29, 0.717) is 51.5 Å². The van der Waals surface area contributed by atoms with Crippen LogP contribution < -0.4 is 29.6 Å². The highest BCUT2D eigenvalue weighted by molar-refractivity contribution is 6.06. The first-order valence-corrected chi connectivity index (χ1v) is 10.0. The summed E-state index contributed by atoms with van der Waals surface area (Å²) in [6, 6.07) is 9.91. The highest BCUT2D eigenvalue weighted by atomic mass is 16.5. The molecule has 1 atom stereocenters. The van der Waals surface area contributed by atoms with Crippen molar-refractivity contribution in [1.29, 1.82) is 0 Å². The number of rotatable bonds is 7. The highest BCUT2D eigenvalue weighted by Crippen LogP contribution is 2.43. The summed E-state index contributed by atoms with van der Waals surface area (Å²) in [5.41, 5.74) is 2.14. The van der Waals surface area contributed by atoms with Crippen molar-refractivity contribution in [2.75, 3.05) is 39.1 Å². The predicted molar refractivity (Wildman–Crippen MR) is 120 cm³/mol. The first-order valence-electron chi connectivity index (χ1n) is 10.0. The molecule has 172 valence electrons. The lowest BCUT2D eigenvalue weighted by Gasteiger charge is -2.29. The molecule has 0 saturated heterocycles. The van der Waals surface area contributed by atoms with Gasteiger partial charge in [0.15, 0.2) is 11.5 Å². The molecule has 0 fully saturated rings. The lowest BCUT2D eigenvalue weighted by atomic mass is 9.93. The highest BCUT2D eigenvalue weighted by Gasteiger charge is 2.36. The molecule has 0 radical (unpaired) electrons. The van der Waals surface area contributed by atoms with E-state index in [1.807, 2.05) is 12.1 Å². The van der Waals surface area contributed by atoms with Crippen LogP contribution in [0.4, 0.5) is 11.6 Å². The van der Waals surface area contributed by atoms with Crippen LogP contribution in [0.2, 0.25) is 0 Å². The van der Waals surface area contributed by atoms with Gasteiger partial charge < -0.3 is 29.6 Å². The Morgan fingerprint density at radius 2 is 1.64 bits per heavy atom. The summed E-state index contributed by atoms with van der Waals surface area (Å²) in [7, 11) is 6.16. The van der Waals surface area contributed by atoms with E-state index in [-0.39, 0.29) is 5.91 Å². The quantitative estimate of drug-likeness (QED) is 0.557. The van der Waals surface area contributed by atoms with E-state index in [1.165, 1.54) is 26.0 Å². The van der Waals surface area contributed by atoms with Gasteiger partial charge in [-0.1, -0.05) is 17.2 Å². The zero-order chi connectivity index (χ0) is 23.5. The smallest absolute Gasteiger partial charge is 0.255 e. The molecule has 11 heteroatoms. The van der Waals surface area contributed by atoms with Gasteiger partial charge in [0.25, 0.3) is 5.91 Å². The van der Waals surface area contributed by atoms with E-state index < -0.39 is 6.04 Å². The molecule has 0 bridgehead atoms. The average molecular weight is 452 g/mol. The Morgan fingerprint density at radius 1 is 0.970 bits per heavy atom. The lowest BCUT2D eigenvalue weighted by Crippen LogP contribution is -2.32. The maximum absolute atomic E-state index is 13.6. The Bertz CT molecular complexity index is 1220. The molecule has 1 aliphatic heterocycles. The van der Waals surface area contributed by atoms with Gasteiger partial charge in [0, 0.05) is 17.3 Å². The van der Waals surface area contributed by atoms with Gasteiger partial charge in [0.05, 0.1) is 39.7 Å². The van der Waals surface area contributed by atoms with Crippen LogP contribution in [0, 0.1) is 0 Å². The number of hydrogen-bond acceptors (Lipinski definition) is 9. The Hall–Kier alpha value is -4.28. The molecule has 2 N–H and O–H groups in total. The number of ether oxygens (including phenoxy) is 4. The van der Waals surface area contributed by atoms with Crippen molar-refractivity contribution in [2.24, 2.45) is 0 Å². The molecule has 3 aromatic rings. The number of fused-ring (bicyclic) bond motifs is 1. The van der Waals surface area contributed by atoms with Crippen molar-refractivity contribution in [3.05, 3.63) is 53.2 Å². The fourth-order valence-electron chi connectivity index (χ4n) is 3.80. The van der Waals surface area contributed by atoms with Crippen molar-refractivity contribution in [1.82, 2.24) is 20.2 Å². The van der Waals surface area contributed by atoms with E-state index in [2.05, 4.69) is 26.2 Å². The zero-order valence-electron chi connectivity index (χ0n) is 18.9. The molecular formula is C22H24N6O5. The number of aromatic nitrogens is 4. The Morgan fingerprint density at radius 3 is 2.33 bits per heavy atom. The lowest BCUT2D eigenvalue weighted by molar-refractivity contribution is -0.113. The van der Waals surface area contributed by atoms with Gasteiger partial charge in [0.2, 0.25) is 5.95 Å². The summed E-state index contributed by atoms with van der Waals surface area (Å²) in [6.45, 7) is 1.79. The number of amides is 1. The second-order valence-electron chi connectivity index (χ2n) is 7.12. The average Bonchev–Trinajstić information content (AvgIpc) is 3.30. The second-order valence-corrected chi connectivity index (χ2v) is 7.12. The molecule has 1 aliphatic rings. The van der Waals surface area contributed by atoms with Crippen LogP contribution in [0.25, 0.3) is 0 Å². The van der Waals surface area contributed by atoms with Gasteiger partial charge in [-0.05, 0) is 35.5 Å². The van der Waals surface area contributed by atoms with Crippen molar-refractivity contribution in [3.8, 4) is 23.0 Å². The largest absolute Gasteiger partial charge is 0.496 e. The summed E-state index contributed by atoms with van der Waals surface area (Å²) < 4.78 is 23.4. The topological polar surface area (TPSA) is 122 Å². The third kappa shape index (κ3) is 3.88. The number of allylic oxidation sites excluding steroid dienone is 1. The van der Waals surface area contributed by atoms with E-state index in [0.717, 1.165) is 0 Å². The minimum Gasteiger partial charge on any atom is -0.496 e. The number of carbonyl (C=O) groups excluding carboxylic acids is 1. The number of benzene rings is 2. The fourth-order valence-corrected chi connectivity index (χ4v) is 3.80. The van der Waals surface area contributed by atoms with Crippen molar-refractivity contribution in [2.45, 2.75) is 13.0 Å². The van der Waals surface area contributed by atoms with Crippen LogP contribution in [0.3, 0.4) is 0 Å². The molecule has 11 nitrogen and oxygen atoms in total. The van der Waals surface area contributed by atoms with Crippen LogP contribution in [0.15, 0.2) is 47.7 Å². The molecule has 0 saturated carbocycles. The number of nitrogens with zero attached hydrogens (tertiary/aromatic N) is 4. The third-order valence-electron chi connectivity index (χ3n) is 5.34. The molecule has 33 heavy (non-hydrogen) atoms. The number of para-hydroxylation sites is 2. The van der Waals surface area contributed by atoms with Crippen molar-refractivity contribution in [3.63, 3.8) is 0 Å². The van der Waals surface area contributed by atoms with Gasteiger partial charge >= 0.3 is 0 Å². The monoisotopic (exact) mass is 452 g/mol. The van der Waals surface area contributed by atoms with Gasteiger partial charge in [-0.3, -0.25) is 4.79 Å². The molecule has 1 amide bonds. The first-order chi connectivity index (χ1) is 16.0. The van der Waals surface area contributed by atoms with Crippen molar-refractivity contribution < 1.29 is 23.7 Å². The molecule has 2 heterocycles. The van der Waals surface area contributed by atoms with E-state index in [1.54, 1.807) is 38.3 Å². The number of tetrazole rings is 1. The molecule has 1 aromatic heterocycles. The van der Waals surface area contributed by atoms with Gasteiger partial charge in [-0.25, -0.2) is 0 Å². The van der Waals surface area contributed by atoms with Crippen LogP contribution in [0.5, 0.6) is 23.0 Å². The molecule has 0 unspecified atom stereocenters. The minimum atomic E-state index is -0.708. The summed E-state index contributed by atoms with van der Waals surface area (Å²) in [6.07, 6.45) is 0. The number of hydrogen-bond donors (Lipinski definition) is 2. The molecule has 0 spiro atoms. The van der Waals surface area contributed by atoms with E-state index >= 15 is 0 Å². The number of anilines is 2. The second kappa shape index (κ2) is 9.07. The van der Waals surface area contributed by atoms with E-state index in [9.17, 15) is 4.79 Å². The minimum absolute atomic E-state index is 0.354. The van der Waals surface area contributed by atoms with Crippen LogP contribution in [-0.4, -0.2) is 54.6 Å². The Balaban J connectivity index is 1.86. The maximum atomic E-state index is 13.6. The first kappa shape index (κ1) is 21.9. The summed E-state index contributed by atoms with van der Waals surface area (Å²) in [5, 5.41) is 18.0. The van der Waals surface area contributed by atoms with Crippen LogP contribution in [0.1, 0.15) is 18.5 Å². The summed E-state index contributed by atoms with van der Waals surface area (Å²) in [5.74, 6) is 2.02. The summed E-state index contributed by atoms with van der Waals surface area (Å²) in [4.78, 5) is 13.6. The zero-order valence-corrected chi connectivity index (χ0v) is 18.9. The Kier molecular flexibility index (Phi) is 6.03. The molecule has 0 aliphatic carbocycles. The normalized spacial score (nSPS) is 14.8. The fraction of sp³-hybridized carbons (Fsp3) is 0.273. The molecule has 2 aromatic carbocycles. The third-order valence-corrected chi connectivity index (χ3v) is 5.34. The van der Waals surface area contributed by atoms with Gasteiger partial charge in [0.1, 0.15) is 17.5 Å². The summed E-state index contributed by atoms with van der Waals surface area (Å²) >= 11 is 0. The molecule has 4 rings (SSSR count). The van der Waals surface area contributed by atoms with E-state index in [4.69, 9.17) is 18.9 Å². The molecular weight excluding hydrogens is 428 g/mol. The SMILES string of the molecule is COc1ccccc1NC(=O)C1=C(C)Nc2nnnn2[C@H]1c1cc(OC)c(OC)cc1OC. The number of carbonyl (C=O) groups is 1. The predicted octanol–water partition coefficient (Wildman–Crippen LogP) is 2.64. The van der Waals surface area contributed by atoms with Crippen LogP contribution >= 0.6 is 0 Å². The maximum Gasteiger partial charge on any atom is 0.255 e. The Labute approximate surface area is 190 Å².